The van der Waals surface area contributed by atoms with Crippen LogP contribution in [0.2, 0.25) is 0 Å². The summed E-state index contributed by atoms with van der Waals surface area (Å²) in [6, 6.07) is 17.5. The van der Waals surface area contributed by atoms with E-state index in [0.717, 1.165) is 30.5 Å². The Morgan fingerprint density at radius 3 is 2.46 bits per heavy atom. The largest absolute Gasteiger partial charge is 0.489 e. The molecule has 4 heteroatoms. The lowest BCUT2D eigenvalue weighted by Gasteiger charge is -2.15. The Kier molecular flexibility index (Phi) is 4.76. The van der Waals surface area contributed by atoms with Crippen molar-refractivity contribution in [1.82, 2.24) is 9.47 Å². The molecular weight excluding hydrogens is 324 g/mol. The van der Waals surface area contributed by atoms with Crippen LogP contribution in [0.5, 0.6) is 5.75 Å². The third kappa shape index (κ3) is 3.13. The first kappa shape index (κ1) is 16.9. The van der Waals surface area contributed by atoms with Gasteiger partial charge in [-0.05, 0) is 38.1 Å². The van der Waals surface area contributed by atoms with Crippen molar-refractivity contribution in [2.24, 2.45) is 7.05 Å². The SMILES string of the molecule is Cn1c(C(=O)c2ccccc2)c(OCCN2CCCC2)c2ccccc21. The van der Waals surface area contributed by atoms with Crippen molar-refractivity contribution in [3.63, 3.8) is 0 Å². The summed E-state index contributed by atoms with van der Waals surface area (Å²) in [7, 11) is 1.94. The summed E-state index contributed by atoms with van der Waals surface area (Å²) in [5.41, 5.74) is 2.32. The maximum absolute atomic E-state index is 13.2. The molecule has 1 fully saturated rings. The van der Waals surface area contributed by atoms with Gasteiger partial charge in [-0.1, -0.05) is 42.5 Å². The van der Waals surface area contributed by atoms with E-state index in [-0.39, 0.29) is 5.78 Å². The number of carbonyl (C=O) groups is 1. The van der Waals surface area contributed by atoms with Gasteiger partial charge in [0.2, 0.25) is 5.78 Å². The van der Waals surface area contributed by atoms with Crippen molar-refractivity contribution < 1.29 is 9.53 Å². The van der Waals surface area contributed by atoms with E-state index in [1.807, 2.05) is 66.2 Å². The highest BCUT2D eigenvalue weighted by atomic mass is 16.5. The van der Waals surface area contributed by atoms with Crippen LogP contribution in [0.1, 0.15) is 28.9 Å². The maximum Gasteiger partial charge on any atom is 0.213 e. The molecule has 0 radical (unpaired) electrons. The maximum atomic E-state index is 13.2. The van der Waals surface area contributed by atoms with Crippen LogP contribution in [-0.2, 0) is 7.05 Å². The number of hydrogen-bond acceptors (Lipinski definition) is 3. The zero-order valence-corrected chi connectivity index (χ0v) is 15.1. The van der Waals surface area contributed by atoms with Gasteiger partial charge in [0.05, 0.1) is 5.52 Å². The molecule has 4 nitrogen and oxygen atoms in total. The summed E-state index contributed by atoms with van der Waals surface area (Å²) in [4.78, 5) is 15.6. The van der Waals surface area contributed by atoms with Gasteiger partial charge >= 0.3 is 0 Å². The quantitative estimate of drug-likeness (QED) is 0.634. The van der Waals surface area contributed by atoms with Crippen LogP contribution in [0.3, 0.4) is 0 Å². The number of nitrogens with zero attached hydrogens (tertiary/aromatic N) is 2. The number of ketones is 1. The Bertz CT molecular complexity index is 909. The minimum Gasteiger partial charge on any atom is -0.489 e. The summed E-state index contributed by atoms with van der Waals surface area (Å²) in [5, 5.41) is 0.996. The number of fused-ring (bicyclic) bond motifs is 1. The van der Waals surface area contributed by atoms with Crippen molar-refractivity contribution in [2.45, 2.75) is 12.8 Å². The third-order valence-electron chi connectivity index (χ3n) is 5.16. The second-order valence-corrected chi connectivity index (χ2v) is 6.85. The molecule has 2 aromatic carbocycles. The van der Waals surface area contributed by atoms with Gasteiger partial charge in [-0.2, -0.15) is 0 Å². The Morgan fingerprint density at radius 2 is 1.69 bits per heavy atom. The van der Waals surface area contributed by atoms with Crippen molar-refractivity contribution in [3.8, 4) is 5.75 Å². The van der Waals surface area contributed by atoms with E-state index in [1.165, 1.54) is 12.8 Å². The molecule has 0 aliphatic carbocycles. The zero-order valence-electron chi connectivity index (χ0n) is 15.1. The molecule has 0 N–H and O–H groups in total. The van der Waals surface area contributed by atoms with Gasteiger partial charge in [-0.25, -0.2) is 0 Å². The lowest BCUT2D eigenvalue weighted by Crippen LogP contribution is -2.25. The van der Waals surface area contributed by atoms with Gasteiger partial charge in [0.15, 0.2) is 5.75 Å². The molecule has 1 aliphatic heterocycles. The second kappa shape index (κ2) is 7.34. The highest BCUT2D eigenvalue weighted by Gasteiger charge is 2.23. The van der Waals surface area contributed by atoms with Crippen LogP contribution in [0.25, 0.3) is 10.9 Å². The Hall–Kier alpha value is -2.59. The molecule has 0 saturated carbocycles. The van der Waals surface area contributed by atoms with E-state index in [1.54, 1.807) is 0 Å². The summed E-state index contributed by atoms with van der Waals surface area (Å²) in [6.07, 6.45) is 2.54. The number of rotatable bonds is 6. The van der Waals surface area contributed by atoms with Crippen LogP contribution < -0.4 is 4.74 Å². The van der Waals surface area contributed by atoms with Crippen LogP contribution in [-0.4, -0.2) is 41.5 Å². The fraction of sp³-hybridized carbons (Fsp3) is 0.318. The number of hydrogen-bond donors (Lipinski definition) is 0. The van der Waals surface area contributed by atoms with Crippen LogP contribution >= 0.6 is 0 Å². The number of carbonyl (C=O) groups excluding carboxylic acids is 1. The molecule has 134 valence electrons. The van der Waals surface area contributed by atoms with E-state index < -0.39 is 0 Å². The lowest BCUT2D eigenvalue weighted by atomic mass is 10.1. The predicted octanol–water partition coefficient (Wildman–Crippen LogP) is 3.88. The Morgan fingerprint density at radius 1 is 1.00 bits per heavy atom. The van der Waals surface area contributed by atoms with Gasteiger partial charge in [0.25, 0.3) is 0 Å². The average Bonchev–Trinajstić information content (AvgIpc) is 3.29. The fourth-order valence-electron chi connectivity index (χ4n) is 3.77. The Labute approximate surface area is 154 Å². The first-order valence-corrected chi connectivity index (χ1v) is 9.28. The Balaban J connectivity index is 1.68. The van der Waals surface area contributed by atoms with Gasteiger partial charge in [0.1, 0.15) is 12.3 Å². The van der Waals surface area contributed by atoms with Crippen LogP contribution in [0.4, 0.5) is 0 Å². The second-order valence-electron chi connectivity index (χ2n) is 6.85. The topological polar surface area (TPSA) is 34.5 Å². The molecule has 0 spiro atoms. The van der Waals surface area contributed by atoms with Gasteiger partial charge < -0.3 is 9.30 Å². The van der Waals surface area contributed by atoms with Crippen molar-refractivity contribution in [2.75, 3.05) is 26.2 Å². The standard InChI is InChI=1S/C22H24N2O2/c1-23-19-12-6-5-11-18(19)22(26-16-15-24-13-7-8-14-24)20(23)21(25)17-9-3-2-4-10-17/h2-6,9-12H,7-8,13-16H2,1H3. The fourth-order valence-corrected chi connectivity index (χ4v) is 3.77. The van der Waals surface area contributed by atoms with E-state index >= 15 is 0 Å². The molecule has 4 rings (SSSR count). The molecule has 1 aromatic heterocycles. The van der Waals surface area contributed by atoms with Crippen molar-refractivity contribution in [3.05, 3.63) is 65.9 Å². The molecule has 3 aromatic rings. The number of aromatic nitrogens is 1. The molecule has 26 heavy (non-hydrogen) atoms. The normalized spacial score (nSPS) is 14.8. The van der Waals surface area contributed by atoms with Crippen molar-refractivity contribution in [1.29, 1.82) is 0 Å². The van der Waals surface area contributed by atoms with E-state index in [9.17, 15) is 4.79 Å². The number of likely N-dealkylation sites (tertiary alicyclic amines) is 1. The van der Waals surface area contributed by atoms with E-state index in [0.29, 0.717) is 23.6 Å². The number of para-hydroxylation sites is 1. The highest BCUT2D eigenvalue weighted by molar-refractivity contribution is 6.13. The lowest BCUT2D eigenvalue weighted by molar-refractivity contribution is 0.102. The van der Waals surface area contributed by atoms with Gasteiger partial charge in [-0.3, -0.25) is 9.69 Å². The summed E-state index contributed by atoms with van der Waals surface area (Å²) in [6.45, 7) is 3.80. The first-order chi connectivity index (χ1) is 12.8. The molecule has 0 bridgehead atoms. The van der Waals surface area contributed by atoms with E-state index in [4.69, 9.17) is 4.74 Å². The molecular formula is C22H24N2O2. The number of ether oxygens (including phenoxy) is 1. The predicted molar refractivity (Wildman–Crippen MR) is 104 cm³/mol. The zero-order chi connectivity index (χ0) is 17.9. The molecule has 1 aliphatic rings. The number of benzene rings is 2. The van der Waals surface area contributed by atoms with E-state index in [2.05, 4.69) is 4.90 Å². The molecule has 2 heterocycles. The van der Waals surface area contributed by atoms with Crippen LogP contribution in [0.15, 0.2) is 54.6 Å². The first-order valence-electron chi connectivity index (χ1n) is 9.28. The molecule has 0 unspecified atom stereocenters. The third-order valence-corrected chi connectivity index (χ3v) is 5.16. The van der Waals surface area contributed by atoms with Gasteiger partial charge in [-0.15, -0.1) is 0 Å². The monoisotopic (exact) mass is 348 g/mol. The molecule has 1 saturated heterocycles. The molecule has 0 amide bonds. The average molecular weight is 348 g/mol. The smallest absolute Gasteiger partial charge is 0.213 e. The minimum atomic E-state index is 0.000438. The highest BCUT2D eigenvalue weighted by Crippen LogP contribution is 2.34. The van der Waals surface area contributed by atoms with Gasteiger partial charge in [0, 0.05) is 24.5 Å². The molecule has 0 atom stereocenters. The minimum absolute atomic E-state index is 0.000438. The number of aryl methyl sites for hydroxylation is 1. The summed E-state index contributed by atoms with van der Waals surface area (Å²) in [5.74, 6) is 0.705. The summed E-state index contributed by atoms with van der Waals surface area (Å²) < 4.78 is 8.15. The summed E-state index contributed by atoms with van der Waals surface area (Å²) >= 11 is 0. The van der Waals surface area contributed by atoms with Crippen LogP contribution in [0, 0.1) is 0 Å². The van der Waals surface area contributed by atoms with Crippen molar-refractivity contribution >= 4 is 16.7 Å².